The first-order chi connectivity index (χ1) is 7.77. The maximum atomic E-state index is 11.9. The molecule has 1 aromatic carbocycles. The summed E-state index contributed by atoms with van der Waals surface area (Å²) in [5.74, 6) is 0.621. The number of ether oxygens (including phenoxy) is 1. The van der Waals surface area contributed by atoms with Crippen LogP contribution in [0, 0.1) is 0 Å². The molecule has 1 aromatic rings. The fraction of sp³-hybridized carbons (Fsp3) is 0.500. The molecule has 90 valence electrons. The molecule has 0 spiro atoms. The highest BCUT2D eigenvalue weighted by Crippen LogP contribution is 2.25. The third kappa shape index (κ3) is 4.37. The molecule has 0 atom stereocenters. The molecule has 2 nitrogen and oxygen atoms in total. The molecule has 0 amide bonds. The van der Waals surface area contributed by atoms with Gasteiger partial charge in [-0.05, 0) is 24.2 Å². The Balaban J connectivity index is 2.53. The lowest BCUT2D eigenvalue weighted by Gasteiger charge is -2.09. The summed E-state index contributed by atoms with van der Waals surface area (Å²) in [5.41, 5.74) is 1.12. The molecule has 1 rings (SSSR count). The smallest absolute Gasteiger partial charge is 0.137 e. The van der Waals surface area contributed by atoms with Crippen LogP contribution in [0.3, 0.4) is 0 Å². The average molecular weight is 246 g/mol. The molecule has 0 aromatic heterocycles. The van der Waals surface area contributed by atoms with E-state index < -0.39 is 0 Å². The fourth-order valence-corrected chi connectivity index (χ4v) is 1.54. The summed E-state index contributed by atoms with van der Waals surface area (Å²) >= 11 is 6.04. The second-order valence-corrected chi connectivity index (χ2v) is 3.84. The largest absolute Gasteiger partial charge is 0.492 e. The van der Waals surface area contributed by atoms with Crippen molar-refractivity contribution in [3.05, 3.63) is 28.8 Å². The van der Waals surface area contributed by atoms with Gasteiger partial charge in [0.1, 0.15) is 5.75 Å². The molecule has 0 radical (unpaired) electrons. The second-order valence-electron chi connectivity index (χ2n) is 3.44. The van der Waals surface area contributed by atoms with Gasteiger partial charge in [0.05, 0.1) is 18.3 Å². The Hall–Kier alpha value is -0.800. The third-order valence-electron chi connectivity index (χ3n) is 2.11. The maximum Gasteiger partial charge on any atom is 0.137 e. The molecular formula is C12H17ClFNO. The molecule has 0 unspecified atom stereocenters. The van der Waals surface area contributed by atoms with Gasteiger partial charge in [0, 0.05) is 13.0 Å². The predicted octanol–water partition coefficient (Wildman–Crippen LogP) is 3.19. The Bertz CT molecular complexity index is 320. The number of benzene rings is 1. The van der Waals surface area contributed by atoms with Gasteiger partial charge in [0.15, 0.2) is 0 Å². The summed E-state index contributed by atoms with van der Waals surface area (Å²) in [5, 5.41) is 3.79. The van der Waals surface area contributed by atoms with E-state index in [0.717, 1.165) is 18.7 Å². The van der Waals surface area contributed by atoms with Crippen molar-refractivity contribution in [3.8, 4) is 5.75 Å². The molecule has 0 bridgehead atoms. The van der Waals surface area contributed by atoms with Crippen LogP contribution in [0.4, 0.5) is 4.39 Å². The van der Waals surface area contributed by atoms with E-state index in [1.54, 1.807) is 0 Å². The van der Waals surface area contributed by atoms with Crippen LogP contribution in [0.5, 0.6) is 5.75 Å². The Kier molecular flexibility index (Phi) is 6.19. The minimum absolute atomic E-state index is 0.364. The summed E-state index contributed by atoms with van der Waals surface area (Å²) in [6.07, 6.45) is 0.398. The fourth-order valence-electron chi connectivity index (χ4n) is 1.28. The molecule has 0 heterocycles. The molecule has 0 aliphatic carbocycles. The van der Waals surface area contributed by atoms with Crippen LogP contribution < -0.4 is 10.1 Å². The van der Waals surface area contributed by atoms with E-state index in [4.69, 9.17) is 16.3 Å². The molecule has 0 aliphatic heterocycles. The first-order valence-corrected chi connectivity index (χ1v) is 5.83. The molecule has 1 N–H and O–H groups in total. The molecule has 0 fully saturated rings. The normalized spacial score (nSPS) is 10.4. The topological polar surface area (TPSA) is 21.3 Å². The van der Waals surface area contributed by atoms with Gasteiger partial charge in [-0.1, -0.05) is 24.6 Å². The summed E-state index contributed by atoms with van der Waals surface area (Å²) in [4.78, 5) is 0. The van der Waals surface area contributed by atoms with Gasteiger partial charge in [0.25, 0.3) is 0 Å². The molecule has 4 heteroatoms. The van der Waals surface area contributed by atoms with Gasteiger partial charge in [0.2, 0.25) is 0 Å². The van der Waals surface area contributed by atoms with Gasteiger partial charge in [-0.2, -0.15) is 0 Å². The number of rotatable bonds is 7. The van der Waals surface area contributed by atoms with Crippen molar-refractivity contribution in [1.82, 2.24) is 5.32 Å². The number of hydrogen-bond acceptors (Lipinski definition) is 2. The Morgan fingerprint density at radius 2 is 2.25 bits per heavy atom. The van der Waals surface area contributed by atoms with Crippen molar-refractivity contribution in [2.75, 3.05) is 19.8 Å². The van der Waals surface area contributed by atoms with E-state index >= 15 is 0 Å². The second kappa shape index (κ2) is 7.47. The highest BCUT2D eigenvalue weighted by molar-refractivity contribution is 6.32. The van der Waals surface area contributed by atoms with Crippen molar-refractivity contribution < 1.29 is 9.13 Å². The summed E-state index contributed by atoms with van der Waals surface area (Å²) in [6, 6.07) is 5.65. The quantitative estimate of drug-likeness (QED) is 0.745. The Morgan fingerprint density at radius 1 is 1.44 bits per heavy atom. The standard InChI is InChI=1S/C12H17ClFNO/c1-2-15-9-10-4-5-12(11(13)8-10)16-7-3-6-14/h4-5,8,15H,2-3,6-7,9H2,1H3. The van der Waals surface area contributed by atoms with E-state index in [-0.39, 0.29) is 6.67 Å². The summed E-state index contributed by atoms with van der Waals surface area (Å²) < 4.78 is 17.2. The minimum Gasteiger partial charge on any atom is -0.492 e. The van der Waals surface area contributed by atoms with Gasteiger partial charge in [-0.15, -0.1) is 0 Å². The average Bonchev–Trinajstić information content (AvgIpc) is 2.29. The monoisotopic (exact) mass is 245 g/mol. The van der Waals surface area contributed by atoms with E-state index in [0.29, 0.717) is 23.8 Å². The highest BCUT2D eigenvalue weighted by atomic mass is 35.5. The molecule has 0 saturated carbocycles. The molecule has 0 aliphatic rings. The van der Waals surface area contributed by atoms with Gasteiger partial charge < -0.3 is 10.1 Å². The van der Waals surface area contributed by atoms with Gasteiger partial charge in [-0.3, -0.25) is 4.39 Å². The lowest BCUT2D eigenvalue weighted by atomic mass is 10.2. The Labute approximate surface area is 101 Å². The Morgan fingerprint density at radius 3 is 2.88 bits per heavy atom. The van der Waals surface area contributed by atoms with Crippen LogP contribution in [0.25, 0.3) is 0 Å². The zero-order valence-electron chi connectivity index (χ0n) is 9.43. The third-order valence-corrected chi connectivity index (χ3v) is 2.41. The first-order valence-electron chi connectivity index (χ1n) is 5.45. The van der Waals surface area contributed by atoms with Crippen LogP contribution in [0.2, 0.25) is 5.02 Å². The van der Waals surface area contributed by atoms with Crippen molar-refractivity contribution in [2.24, 2.45) is 0 Å². The van der Waals surface area contributed by atoms with E-state index in [9.17, 15) is 4.39 Å². The molecule has 0 saturated heterocycles. The molecular weight excluding hydrogens is 229 g/mol. The van der Waals surface area contributed by atoms with Crippen LogP contribution in [0.1, 0.15) is 18.9 Å². The lowest BCUT2D eigenvalue weighted by molar-refractivity contribution is 0.290. The number of hydrogen-bond donors (Lipinski definition) is 1. The number of halogens is 2. The number of nitrogens with one attached hydrogen (secondary N) is 1. The van der Waals surface area contributed by atoms with Crippen molar-refractivity contribution in [3.63, 3.8) is 0 Å². The summed E-state index contributed by atoms with van der Waals surface area (Å²) in [7, 11) is 0. The van der Waals surface area contributed by atoms with E-state index in [1.165, 1.54) is 0 Å². The van der Waals surface area contributed by atoms with E-state index in [2.05, 4.69) is 12.2 Å². The maximum absolute atomic E-state index is 11.9. The summed E-state index contributed by atoms with van der Waals surface area (Å²) in [6.45, 7) is 3.77. The van der Waals surface area contributed by atoms with Gasteiger partial charge >= 0.3 is 0 Å². The van der Waals surface area contributed by atoms with Crippen LogP contribution in [-0.2, 0) is 6.54 Å². The van der Waals surface area contributed by atoms with Crippen molar-refractivity contribution in [2.45, 2.75) is 19.9 Å². The number of alkyl halides is 1. The zero-order chi connectivity index (χ0) is 11.8. The van der Waals surface area contributed by atoms with Crippen molar-refractivity contribution in [1.29, 1.82) is 0 Å². The lowest BCUT2D eigenvalue weighted by Crippen LogP contribution is -2.11. The minimum atomic E-state index is -0.365. The van der Waals surface area contributed by atoms with Crippen LogP contribution >= 0.6 is 11.6 Å². The predicted molar refractivity (Wildman–Crippen MR) is 64.9 cm³/mol. The van der Waals surface area contributed by atoms with Crippen LogP contribution in [0.15, 0.2) is 18.2 Å². The zero-order valence-corrected chi connectivity index (χ0v) is 10.2. The van der Waals surface area contributed by atoms with E-state index in [1.807, 2.05) is 18.2 Å². The van der Waals surface area contributed by atoms with Crippen molar-refractivity contribution >= 4 is 11.6 Å². The van der Waals surface area contributed by atoms with Gasteiger partial charge in [-0.25, -0.2) is 0 Å². The molecule has 16 heavy (non-hydrogen) atoms. The van der Waals surface area contributed by atoms with Crippen LogP contribution in [-0.4, -0.2) is 19.8 Å². The SMILES string of the molecule is CCNCc1ccc(OCCCF)c(Cl)c1. The first kappa shape index (κ1) is 13.3. The highest BCUT2D eigenvalue weighted by Gasteiger charge is 2.02.